The van der Waals surface area contributed by atoms with Gasteiger partial charge in [0.1, 0.15) is 5.82 Å². The minimum Gasteiger partial charge on any atom is -0.368 e. The number of amides is 1. The van der Waals surface area contributed by atoms with Gasteiger partial charge in [-0.15, -0.1) is 0 Å². The van der Waals surface area contributed by atoms with Crippen LogP contribution in [0.1, 0.15) is 29.3 Å². The van der Waals surface area contributed by atoms with Gasteiger partial charge >= 0.3 is 0 Å². The summed E-state index contributed by atoms with van der Waals surface area (Å²) in [6.45, 7) is 3.86. The first-order chi connectivity index (χ1) is 16.7. The molecule has 184 valence electrons. The third-order valence-corrected chi connectivity index (χ3v) is 6.10. The Morgan fingerprint density at radius 2 is 1.94 bits per heavy atom. The largest absolute Gasteiger partial charge is 0.368 e. The van der Waals surface area contributed by atoms with Gasteiger partial charge in [-0.1, -0.05) is 0 Å². The third-order valence-electron chi connectivity index (χ3n) is 6.10. The van der Waals surface area contributed by atoms with Gasteiger partial charge in [-0.2, -0.15) is 0 Å². The number of nitrogens with one attached hydrogen (secondary N) is 1. The molecule has 1 aromatic carbocycles. The highest BCUT2D eigenvalue weighted by Gasteiger charge is 2.27. The monoisotopic (exact) mass is 487 g/mol. The summed E-state index contributed by atoms with van der Waals surface area (Å²) in [5.41, 5.74) is 5.65. The second-order valence-corrected chi connectivity index (χ2v) is 8.39. The maximum absolute atomic E-state index is 15.2. The van der Waals surface area contributed by atoms with Crippen molar-refractivity contribution in [2.75, 3.05) is 42.6 Å². The molecule has 1 saturated heterocycles. The molecule has 9 nitrogen and oxygen atoms in total. The number of rotatable bonds is 6. The van der Waals surface area contributed by atoms with Crippen molar-refractivity contribution in [3.63, 3.8) is 0 Å². The predicted octanol–water partition coefficient (Wildman–Crippen LogP) is 3.03. The van der Waals surface area contributed by atoms with E-state index in [9.17, 15) is 18.4 Å². The molecule has 0 bridgehead atoms. The Bertz CT molecular complexity index is 1250. The molecule has 3 heterocycles. The van der Waals surface area contributed by atoms with Gasteiger partial charge in [-0.3, -0.25) is 14.2 Å². The van der Waals surface area contributed by atoms with Crippen molar-refractivity contribution >= 4 is 29.6 Å². The topological polar surface area (TPSA) is 109 Å². The number of hydrogen-bond donors (Lipinski definition) is 2. The number of benzene rings is 1. The summed E-state index contributed by atoms with van der Waals surface area (Å²) >= 11 is 0. The summed E-state index contributed by atoms with van der Waals surface area (Å²) in [7, 11) is 1.99. The number of carbonyl (C=O) groups is 2. The first-order valence-corrected chi connectivity index (χ1v) is 10.8. The fourth-order valence-corrected chi connectivity index (χ4v) is 4.00. The number of carbonyl (C=O) groups excluding carboxylic acids is 2. The molecular formula is C23H24F3N7O2. The van der Waals surface area contributed by atoms with E-state index in [0.717, 1.165) is 17.0 Å². The number of alkyl halides is 2. The van der Waals surface area contributed by atoms with Gasteiger partial charge < -0.3 is 20.9 Å². The molecule has 1 amide bonds. The fraction of sp³-hybridized carbons (Fsp3) is 0.304. The highest BCUT2D eigenvalue weighted by molar-refractivity contribution is 6.07. The van der Waals surface area contributed by atoms with Crippen LogP contribution in [-0.2, 0) is 4.79 Å². The van der Waals surface area contributed by atoms with Crippen molar-refractivity contribution in [1.29, 1.82) is 0 Å². The summed E-state index contributed by atoms with van der Waals surface area (Å²) in [5.74, 6) is -1.40. The van der Waals surface area contributed by atoms with Crippen LogP contribution in [0.2, 0.25) is 0 Å². The molecular weight excluding hydrogens is 463 g/mol. The van der Waals surface area contributed by atoms with Gasteiger partial charge in [0.2, 0.25) is 12.4 Å². The highest BCUT2D eigenvalue weighted by atomic mass is 19.3. The van der Waals surface area contributed by atoms with Crippen LogP contribution >= 0.6 is 0 Å². The average molecular weight is 487 g/mol. The van der Waals surface area contributed by atoms with E-state index in [1.807, 2.05) is 18.9 Å². The second kappa shape index (κ2) is 9.74. The van der Waals surface area contributed by atoms with Gasteiger partial charge in [0.05, 0.1) is 16.9 Å². The normalized spacial score (nSPS) is 16.5. The molecule has 1 atom stereocenters. The Morgan fingerprint density at radius 1 is 1.23 bits per heavy atom. The van der Waals surface area contributed by atoms with Crippen molar-refractivity contribution in [2.24, 2.45) is 0 Å². The number of aromatic nitrogens is 3. The number of hydrogen-bond acceptors (Lipinski definition) is 7. The molecule has 0 aliphatic carbocycles. The van der Waals surface area contributed by atoms with Gasteiger partial charge in [-0.25, -0.2) is 23.1 Å². The molecule has 1 aliphatic rings. The van der Waals surface area contributed by atoms with Crippen LogP contribution in [0, 0.1) is 5.82 Å². The average Bonchev–Trinajstić information content (AvgIpc) is 3.28. The number of piperazine rings is 1. The summed E-state index contributed by atoms with van der Waals surface area (Å²) in [6, 6.07) is 2.87. The van der Waals surface area contributed by atoms with E-state index in [0.29, 0.717) is 37.3 Å². The first-order valence-electron chi connectivity index (χ1n) is 10.8. The van der Waals surface area contributed by atoms with Gasteiger partial charge in [-0.05, 0) is 26.1 Å². The summed E-state index contributed by atoms with van der Waals surface area (Å²) in [4.78, 5) is 36.0. The van der Waals surface area contributed by atoms with E-state index in [-0.39, 0.29) is 28.8 Å². The van der Waals surface area contributed by atoms with Crippen LogP contribution in [0.15, 0.2) is 36.9 Å². The van der Waals surface area contributed by atoms with Crippen LogP contribution < -0.4 is 16.0 Å². The maximum atomic E-state index is 15.2. The van der Waals surface area contributed by atoms with Crippen molar-refractivity contribution in [3.05, 3.63) is 53.9 Å². The zero-order chi connectivity index (χ0) is 25.3. The molecule has 2 aromatic heterocycles. The number of nitrogens with two attached hydrogens (primary N) is 1. The van der Waals surface area contributed by atoms with Crippen LogP contribution in [-0.4, -0.2) is 64.5 Å². The molecule has 1 fully saturated rings. The van der Waals surface area contributed by atoms with Crippen molar-refractivity contribution in [3.8, 4) is 11.1 Å². The Hall–Kier alpha value is -3.93. The van der Waals surface area contributed by atoms with Crippen molar-refractivity contribution in [1.82, 2.24) is 19.4 Å². The van der Waals surface area contributed by atoms with Crippen LogP contribution in [0.4, 0.5) is 30.5 Å². The molecule has 0 spiro atoms. The second-order valence-electron chi connectivity index (χ2n) is 8.39. The molecule has 3 aromatic rings. The molecule has 1 aliphatic heterocycles. The van der Waals surface area contributed by atoms with Crippen LogP contribution in [0.3, 0.4) is 0 Å². The lowest BCUT2D eigenvalue weighted by Crippen LogP contribution is -2.50. The highest BCUT2D eigenvalue weighted by Crippen LogP contribution is 2.36. The number of likely N-dealkylation sites (N-methyl/N-ethyl adjacent to an activating group) is 1. The Labute approximate surface area is 199 Å². The third kappa shape index (κ3) is 4.97. The Kier molecular flexibility index (Phi) is 6.74. The number of nitrogens with zero attached hydrogens (tertiary/aromatic N) is 5. The van der Waals surface area contributed by atoms with E-state index < -0.39 is 23.7 Å². The molecule has 4 rings (SSSR count). The fourth-order valence-electron chi connectivity index (χ4n) is 4.00. The van der Waals surface area contributed by atoms with E-state index in [1.54, 1.807) is 0 Å². The van der Waals surface area contributed by atoms with Crippen molar-refractivity contribution in [2.45, 2.75) is 19.4 Å². The lowest BCUT2D eigenvalue weighted by Gasteiger charge is -2.39. The zero-order valence-electron chi connectivity index (χ0n) is 19.1. The standard InChI is InChI=1S/C23H24F3N7O2/c1-13-9-33(4-3-31(13)2)20-6-18(24)15(14-7-28-23(27)29-8-14)5-19(20)30-22(35)17-11-32(12-34)10-16(17)21(25)26/h5-8,10-13,21H,3-4,9H2,1-2H3,(H,30,35)(H2,27,28,29). The molecule has 0 saturated carbocycles. The number of anilines is 3. The SMILES string of the molecule is CC1CN(c2cc(F)c(-c3cnc(N)nc3)cc2NC(=O)c2cn(C=O)cc2C(F)F)CCN1C. The van der Waals surface area contributed by atoms with E-state index in [2.05, 4.69) is 20.2 Å². The number of nitrogen functional groups attached to an aromatic ring is 1. The quantitative estimate of drug-likeness (QED) is 0.515. The van der Waals surface area contributed by atoms with Crippen molar-refractivity contribution < 1.29 is 22.8 Å². The molecule has 3 N–H and O–H groups in total. The van der Waals surface area contributed by atoms with Gasteiger partial charge in [0.25, 0.3) is 12.3 Å². The Morgan fingerprint density at radius 3 is 2.57 bits per heavy atom. The first kappa shape index (κ1) is 24.2. The smallest absolute Gasteiger partial charge is 0.266 e. The summed E-state index contributed by atoms with van der Waals surface area (Å²) in [6.07, 6.45) is 1.98. The predicted molar refractivity (Wildman–Crippen MR) is 126 cm³/mol. The Balaban J connectivity index is 1.77. The summed E-state index contributed by atoms with van der Waals surface area (Å²) in [5, 5.41) is 2.64. The van der Waals surface area contributed by atoms with E-state index in [1.165, 1.54) is 24.5 Å². The van der Waals surface area contributed by atoms with E-state index in [4.69, 9.17) is 5.73 Å². The van der Waals surface area contributed by atoms with E-state index >= 15 is 4.39 Å². The lowest BCUT2D eigenvalue weighted by molar-refractivity contribution is 0.101. The molecule has 0 radical (unpaired) electrons. The zero-order valence-corrected chi connectivity index (χ0v) is 19.1. The maximum Gasteiger partial charge on any atom is 0.266 e. The molecule has 1 unspecified atom stereocenters. The lowest BCUT2D eigenvalue weighted by atomic mass is 10.0. The van der Waals surface area contributed by atoms with Crippen LogP contribution in [0.25, 0.3) is 11.1 Å². The molecule has 12 heteroatoms. The van der Waals surface area contributed by atoms with Gasteiger partial charge in [0.15, 0.2) is 0 Å². The minimum absolute atomic E-state index is 0.0185. The van der Waals surface area contributed by atoms with Crippen LogP contribution in [0.5, 0.6) is 0 Å². The minimum atomic E-state index is -2.97. The molecule has 35 heavy (non-hydrogen) atoms. The number of halogens is 3. The van der Waals surface area contributed by atoms with Gasteiger partial charge in [0, 0.05) is 67.2 Å². The summed E-state index contributed by atoms with van der Waals surface area (Å²) < 4.78 is 43.1.